The van der Waals surface area contributed by atoms with E-state index in [0.717, 1.165) is 43.9 Å². The van der Waals surface area contributed by atoms with Crippen LogP contribution in [0.15, 0.2) is 6.20 Å². The molecule has 1 atom stereocenters. The molecule has 2 rings (SSSR count). The van der Waals surface area contributed by atoms with Crippen LogP contribution in [-0.4, -0.2) is 22.8 Å². The summed E-state index contributed by atoms with van der Waals surface area (Å²) in [7, 11) is 0. The van der Waals surface area contributed by atoms with Crippen LogP contribution < -0.4 is 5.32 Å². The molecule has 1 aromatic heterocycles. The molecule has 4 heteroatoms. The normalized spacial score (nSPS) is 20.5. The summed E-state index contributed by atoms with van der Waals surface area (Å²) in [5.74, 6) is 1.03. The third kappa shape index (κ3) is 2.43. The quantitative estimate of drug-likeness (QED) is 0.851. The Labute approximate surface area is 96.1 Å². The number of hydrogen-bond donors (Lipinski definition) is 1. The Kier molecular flexibility index (Phi) is 3.93. The zero-order chi connectivity index (χ0) is 11.4. The molecule has 90 valence electrons. The molecule has 0 saturated heterocycles. The monoisotopic (exact) mass is 225 g/mol. The van der Waals surface area contributed by atoms with Crippen LogP contribution >= 0.6 is 0 Å². The van der Waals surface area contributed by atoms with Gasteiger partial charge >= 0.3 is 0 Å². The summed E-state index contributed by atoms with van der Waals surface area (Å²) in [6, 6.07) is 0.0955. The molecule has 1 unspecified atom stereocenters. The highest BCUT2D eigenvalue weighted by molar-refractivity contribution is 5.09. The van der Waals surface area contributed by atoms with Gasteiger partial charge in [0.1, 0.15) is 5.82 Å². The van der Waals surface area contributed by atoms with Gasteiger partial charge in [-0.05, 0) is 25.8 Å². The van der Waals surface area contributed by atoms with Crippen LogP contribution in [0.4, 0.5) is 4.39 Å². The molecule has 0 spiro atoms. The first-order valence-electron chi connectivity index (χ1n) is 6.20. The maximum absolute atomic E-state index is 12.5. The van der Waals surface area contributed by atoms with Crippen LogP contribution in [0.25, 0.3) is 0 Å². The summed E-state index contributed by atoms with van der Waals surface area (Å²) >= 11 is 0. The van der Waals surface area contributed by atoms with E-state index in [1.807, 2.05) is 0 Å². The largest absolute Gasteiger partial charge is 0.333 e. The molecule has 1 aliphatic rings. The van der Waals surface area contributed by atoms with Crippen LogP contribution in [-0.2, 0) is 13.0 Å². The molecule has 0 saturated carbocycles. The topological polar surface area (TPSA) is 29.9 Å². The Bertz CT molecular complexity index is 335. The molecule has 0 bridgehead atoms. The van der Waals surface area contributed by atoms with E-state index in [0.29, 0.717) is 6.42 Å². The minimum atomic E-state index is -0.284. The molecular formula is C12H20FN3. The van der Waals surface area contributed by atoms with Crippen molar-refractivity contribution in [1.82, 2.24) is 14.9 Å². The first kappa shape index (κ1) is 11.6. The van der Waals surface area contributed by atoms with Crippen LogP contribution in [0.5, 0.6) is 0 Å². The summed E-state index contributed by atoms with van der Waals surface area (Å²) < 4.78 is 14.7. The van der Waals surface area contributed by atoms with Crippen molar-refractivity contribution >= 4 is 0 Å². The molecule has 0 aromatic carbocycles. The van der Waals surface area contributed by atoms with Crippen molar-refractivity contribution in [3.8, 4) is 0 Å². The number of aromatic nitrogens is 2. The minimum Gasteiger partial charge on any atom is -0.333 e. The zero-order valence-corrected chi connectivity index (χ0v) is 9.88. The number of halogens is 1. The number of nitrogens with one attached hydrogen (secondary N) is 1. The number of nitrogens with zero attached hydrogens (tertiary/aromatic N) is 2. The molecule has 0 fully saturated rings. The van der Waals surface area contributed by atoms with E-state index >= 15 is 0 Å². The maximum atomic E-state index is 12.5. The van der Waals surface area contributed by atoms with Crippen molar-refractivity contribution in [3.05, 3.63) is 17.7 Å². The van der Waals surface area contributed by atoms with E-state index in [4.69, 9.17) is 0 Å². The van der Waals surface area contributed by atoms with Gasteiger partial charge in [-0.15, -0.1) is 0 Å². The Balaban J connectivity index is 2.21. The van der Waals surface area contributed by atoms with Crippen molar-refractivity contribution in [2.24, 2.45) is 0 Å². The van der Waals surface area contributed by atoms with Gasteiger partial charge in [0.05, 0.1) is 18.4 Å². The summed E-state index contributed by atoms with van der Waals surface area (Å²) in [5.41, 5.74) is 1.14. The lowest BCUT2D eigenvalue weighted by molar-refractivity contribution is 0.397. The summed E-state index contributed by atoms with van der Waals surface area (Å²) in [5, 5.41) is 3.37. The van der Waals surface area contributed by atoms with Crippen molar-refractivity contribution in [2.45, 2.75) is 45.2 Å². The molecule has 1 aromatic rings. The number of fused-ring (bicyclic) bond motifs is 1. The molecule has 1 N–H and O–H groups in total. The fraction of sp³-hybridized carbons (Fsp3) is 0.750. The highest BCUT2D eigenvalue weighted by Gasteiger charge is 2.20. The van der Waals surface area contributed by atoms with Crippen molar-refractivity contribution in [3.63, 3.8) is 0 Å². The Morgan fingerprint density at radius 3 is 3.25 bits per heavy atom. The number of rotatable bonds is 4. The Morgan fingerprint density at radius 1 is 1.62 bits per heavy atom. The van der Waals surface area contributed by atoms with Gasteiger partial charge in [-0.2, -0.15) is 0 Å². The number of hydrogen-bond acceptors (Lipinski definition) is 2. The van der Waals surface area contributed by atoms with Gasteiger partial charge in [-0.3, -0.25) is 4.39 Å². The second-order valence-corrected chi connectivity index (χ2v) is 4.37. The molecule has 1 aliphatic heterocycles. The molecule has 0 radical (unpaired) electrons. The van der Waals surface area contributed by atoms with E-state index in [9.17, 15) is 4.39 Å². The van der Waals surface area contributed by atoms with E-state index in [1.54, 1.807) is 0 Å². The van der Waals surface area contributed by atoms with E-state index in [1.165, 1.54) is 0 Å². The first-order valence-corrected chi connectivity index (χ1v) is 6.20. The molecule has 0 amide bonds. The Hall–Kier alpha value is -0.900. The van der Waals surface area contributed by atoms with Gasteiger partial charge in [0.15, 0.2) is 0 Å². The Morgan fingerprint density at radius 2 is 2.50 bits per heavy atom. The lowest BCUT2D eigenvalue weighted by Crippen LogP contribution is -2.22. The van der Waals surface area contributed by atoms with Crippen molar-refractivity contribution in [1.29, 1.82) is 0 Å². The third-order valence-corrected chi connectivity index (χ3v) is 3.04. The minimum absolute atomic E-state index is 0.0955. The van der Waals surface area contributed by atoms with Crippen molar-refractivity contribution < 1.29 is 4.39 Å². The third-order valence-electron chi connectivity index (χ3n) is 3.04. The highest BCUT2D eigenvalue weighted by atomic mass is 19.1. The van der Waals surface area contributed by atoms with E-state index in [-0.39, 0.29) is 12.7 Å². The van der Waals surface area contributed by atoms with Crippen LogP contribution in [0.1, 0.15) is 43.7 Å². The van der Waals surface area contributed by atoms with Gasteiger partial charge in [-0.25, -0.2) is 4.98 Å². The number of aryl methyl sites for hydroxylation is 2. The predicted octanol–water partition coefficient (Wildman–Crippen LogP) is 2.23. The van der Waals surface area contributed by atoms with Crippen LogP contribution in [0.2, 0.25) is 0 Å². The fourth-order valence-corrected chi connectivity index (χ4v) is 2.28. The average Bonchev–Trinajstić information content (AvgIpc) is 2.58. The fourth-order valence-electron chi connectivity index (χ4n) is 2.28. The van der Waals surface area contributed by atoms with Gasteiger partial charge in [0.25, 0.3) is 0 Å². The lowest BCUT2D eigenvalue weighted by atomic mass is 10.2. The van der Waals surface area contributed by atoms with E-state index in [2.05, 4.69) is 28.0 Å². The number of imidazole rings is 1. The van der Waals surface area contributed by atoms with Gasteiger partial charge in [0.2, 0.25) is 0 Å². The second kappa shape index (κ2) is 5.43. The molecule has 0 aliphatic carbocycles. The maximum Gasteiger partial charge on any atom is 0.126 e. The van der Waals surface area contributed by atoms with Gasteiger partial charge < -0.3 is 9.88 Å². The van der Waals surface area contributed by atoms with Gasteiger partial charge in [-0.1, -0.05) is 13.3 Å². The summed E-state index contributed by atoms with van der Waals surface area (Å²) in [6.07, 6.45) is 5.89. The standard InChI is InChI=1S/C12H20FN3/c1-2-4-10-9-16-8-3-7-14-11(5-6-13)12(16)15-10/h9,11,14H,2-8H2,1H3. The van der Waals surface area contributed by atoms with E-state index < -0.39 is 0 Å². The van der Waals surface area contributed by atoms with Crippen LogP contribution in [0, 0.1) is 0 Å². The average molecular weight is 225 g/mol. The molecule has 16 heavy (non-hydrogen) atoms. The summed E-state index contributed by atoms with van der Waals surface area (Å²) in [6.45, 7) is 3.83. The first-order chi connectivity index (χ1) is 7.85. The molecule has 3 nitrogen and oxygen atoms in total. The summed E-state index contributed by atoms with van der Waals surface area (Å²) in [4.78, 5) is 4.63. The molecular weight excluding hydrogens is 205 g/mol. The van der Waals surface area contributed by atoms with Crippen LogP contribution in [0.3, 0.4) is 0 Å². The molecule has 2 heterocycles. The highest BCUT2D eigenvalue weighted by Crippen LogP contribution is 2.20. The smallest absolute Gasteiger partial charge is 0.126 e. The SMILES string of the molecule is CCCc1cn2c(n1)C(CCF)NCCC2. The second-order valence-electron chi connectivity index (χ2n) is 4.37. The predicted molar refractivity (Wildman–Crippen MR) is 62.2 cm³/mol. The zero-order valence-electron chi connectivity index (χ0n) is 9.88. The van der Waals surface area contributed by atoms with Crippen molar-refractivity contribution in [2.75, 3.05) is 13.2 Å². The van der Waals surface area contributed by atoms with Gasteiger partial charge in [0, 0.05) is 12.7 Å². The number of alkyl halides is 1. The lowest BCUT2D eigenvalue weighted by Gasteiger charge is -2.13.